The van der Waals surface area contributed by atoms with Crippen molar-refractivity contribution in [1.82, 2.24) is 10.3 Å². The van der Waals surface area contributed by atoms with Gasteiger partial charge in [-0.25, -0.2) is 0 Å². The van der Waals surface area contributed by atoms with E-state index in [1.54, 1.807) is 0 Å². The molecule has 1 aliphatic rings. The fourth-order valence-electron chi connectivity index (χ4n) is 3.17. The minimum Gasteiger partial charge on any atom is -0.313 e. The summed E-state index contributed by atoms with van der Waals surface area (Å²) in [6.07, 6.45) is 8.53. The Kier molecular flexibility index (Phi) is 4.39. The minimum absolute atomic E-state index is 0.461. The van der Waals surface area contributed by atoms with Crippen LogP contribution in [0.3, 0.4) is 0 Å². The third-order valence-corrected chi connectivity index (χ3v) is 4.42. The van der Waals surface area contributed by atoms with Gasteiger partial charge in [0.2, 0.25) is 0 Å². The first-order valence-electron chi connectivity index (χ1n) is 7.29. The molecule has 1 aliphatic carbocycles. The predicted molar refractivity (Wildman–Crippen MR) is 76.7 cm³/mol. The smallest absolute Gasteiger partial charge is 0.0419 e. The zero-order valence-corrected chi connectivity index (χ0v) is 12.0. The molecule has 1 atom stereocenters. The lowest BCUT2D eigenvalue weighted by atomic mass is 9.78. The van der Waals surface area contributed by atoms with Crippen LogP contribution in [-0.2, 0) is 6.42 Å². The Morgan fingerprint density at radius 1 is 1.33 bits per heavy atom. The molecule has 0 aliphatic heterocycles. The second-order valence-electron chi connectivity index (χ2n) is 6.00. The zero-order chi connectivity index (χ0) is 13.0. The topological polar surface area (TPSA) is 24.9 Å². The van der Waals surface area contributed by atoms with Crippen LogP contribution < -0.4 is 5.32 Å². The van der Waals surface area contributed by atoms with Gasteiger partial charge in [-0.3, -0.25) is 4.98 Å². The molecule has 2 nitrogen and oxygen atoms in total. The summed E-state index contributed by atoms with van der Waals surface area (Å²) in [6.45, 7) is 7.79. The Balaban J connectivity index is 2.08. The molecule has 18 heavy (non-hydrogen) atoms. The predicted octanol–water partition coefficient (Wildman–Crippen LogP) is 3.49. The first-order chi connectivity index (χ1) is 8.64. The van der Waals surface area contributed by atoms with Crippen molar-refractivity contribution < 1.29 is 0 Å². The standard InChI is InChI=1S/C16H26N2/c1-4-17-15(16(3)9-5-6-10-16)11-14-8-7-13(2)12-18-14/h7-8,12,15,17H,4-6,9-11H2,1-3H3. The average Bonchev–Trinajstić information content (AvgIpc) is 2.80. The lowest BCUT2D eigenvalue weighted by Crippen LogP contribution is -2.43. The molecule has 0 spiro atoms. The van der Waals surface area contributed by atoms with Gasteiger partial charge in [0.05, 0.1) is 0 Å². The summed E-state index contributed by atoms with van der Waals surface area (Å²) in [7, 11) is 0. The van der Waals surface area contributed by atoms with Crippen LogP contribution in [-0.4, -0.2) is 17.6 Å². The Labute approximate surface area is 111 Å². The molecule has 1 saturated carbocycles. The molecule has 1 aromatic rings. The van der Waals surface area contributed by atoms with Crippen molar-refractivity contribution >= 4 is 0 Å². The molecule has 0 bridgehead atoms. The molecule has 1 fully saturated rings. The summed E-state index contributed by atoms with van der Waals surface area (Å²) in [5.74, 6) is 0. The largest absolute Gasteiger partial charge is 0.313 e. The van der Waals surface area contributed by atoms with E-state index >= 15 is 0 Å². The molecule has 1 aromatic heterocycles. The molecular weight excluding hydrogens is 220 g/mol. The Morgan fingerprint density at radius 2 is 2.06 bits per heavy atom. The fourth-order valence-corrected chi connectivity index (χ4v) is 3.17. The van der Waals surface area contributed by atoms with Crippen LogP contribution in [0.15, 0.2) is 18.3 Å². The molecule has 2 heteroatoms. The van der Waals surface area contributed by atoms with Crippen molar-refractivity contribution in [3.8, 4) is 0 Å². The third-order valence-electron chi connectivity index (χ3n) is 4.42. The highest BCUT2D eigenvalue weighted by Crippen LogP contribution is 2.41. The average molecular weight is 246 g/mol. The number of hydrogen-bond acceptors (Lipinski definition) is 2. The van der Waals surface area contributed by atoms with Crippen molar-refractivity contribution in [3.05, 3.63) is 29.6 Å². The van der Waals surface area contributed by atoms with E-state index in [2.05, 4.69) is 43.2 Å². The van der Waals surface area contributed by atoms with E-state index in [9.17, 15) is 0 Å². The van der Waals surface area contributed by atoms with E-state index in [0.29, 0.717) is 11.5 Å². The molecule has 1 heterocycles. The van der Waals surface area contributed by atoms with Crippen molar-refractivity contribution in [3.63, 3.8) is 0 Å². The summed E-state index contributed by atoms with van der Waals surface area (Å²) < 4.78 is 0. The van der Waals surface area contributed by atoms with E-state index < -0.39 is 0 Å². The molecule has 2 rings (SSSR count). The first kappa shape index (κ1) is 13.5. The van der Waals surface area contributed by atoms with Crippen LogP contribution in [0.5, 0.6) is 0 Å². The molecule has 1 N–H and O–H groups in total. The van der Waals surface area contributed by atoms with Crippen molar-refractivity contribution in [2.75, 3.05) is 6.54 Å². The van der Waals surface area contributed by atoms with E-state index in [1.165, 1.54) is 36.9 Å². The molecule has 0 saturated heterocycles. The van der Waals surface area contributed by atoms with Gasteiger partial charge in [-0.15, -0.1) is 0 Å². The highest BCUT2D eigenvalue weighted by molar-refractivity contribution is 5.14. The number of pyridine rings is 1. The maximum Gasteiger partial charge on any atom is 0.0419 e. The molecular formula is C16H26N2. The van der Waals surface area contributed by atoms with Gasteiger partial charge < -0.3 is 5.32 Å². The number of rotatable bonds is 5. The number of aromatic nitrogens is 1. The summed E-state index contributed by atoms with van der Waals surface area (Å²) in [6, 6.07) is 4.92. The van der Waals surface area contributed by atoms with E-state index in [-0.39, 0.29) is 0 Å². The summed E-state index contributed by atoms with van der Waals surface area (Å²) in [5.41, 5.74) is 2.92. The van der Waals surface area contributed by atoms with Crippen molar-refractivity contribution in [2.24, 2.45) is 5.41 Å². The van der Waals surface area contributed by atoms with Gasteiger partial charge in [0.15, 0.2) is 0 Å². The van der Waals surface area contributed by atoms with Crippen molar-refractivity contribution in [1.29, 1.82) is 0 Å². The highest BCUT2D eigenvalue weighted by Gasteiger charge is 2.36. The second-order valence-corrected chi connectivity index (χ2v) is 6.00. The van der Waals surface area contributed by atoms with Crippen LogP contribution in [0, 0.1) is 12.3 Å². The normalized spacial score (nSPS) is 19.9. The second kappa shape index (κ2) is 5.83. The maximum atomic E-state index is 4.56. The SMILES string of the molecule is CCNC(Cc1ccc(C)cn1)C1(C)CCCC1. The quantitative estimate of drug-likeness (QED) is 0.860. The van der Waals surface area contributed by atoms with Crippen LogP contribution >= 0.6 is 0 Å². The van der Waals surface area contributed by atoms with Crippen molar-refractivity contribution in [2.45, 2.75) is 58.9 Å². The Bertz CT molecular complexity index is 363. The first-order valence-corrected chi connectivity index (χ1v) is 7.29. The number of aryl methyl sites for hydroxylation is 1. The third kappa shape index (κ3) is 3.11. The molecule has 0 amide bonds. The summed E-state index contributed by atoms with van der Waals surface area (Å²) >= 11 is 0. The van der Waals surface area contributed by atoms with Gasteiger partial charge in [0.25, 0.3) is 0 Å². The van der Waals surface area contributed by atoms with Gasteiger partial charge in [0, 0.05) is 24.4 Å². The van der Waals surface area contributed by atoms with Gasteiger partial charge >= 0.3 is 0 Å². The van der Waals surface area contributed by atoms with Gasteiger partial charge in [-0.1, -0.05) is 32.8 Å². The van der Waals surface area contributed by atoms with E-state index in [4.69, 9.17) is 0 Å². The number of nitrogens with one attached hydrogen (secondary N) is 1. The lowest BCUT2D eigenvalue weighted by Gasteiger charge is -2.34. The number of likely N-dealkylation sites (N-methyl/N-ethyl adjacent to an activating group) is 1. The zero-order valence-electron chi connectivity index (χ0n) is 12.0. The summed E-state index contributed by atoms with van der Waals surface area (Å²) in [4.78, 5) is 4.56. The van der Waals surface area contributed by atoms with Gasteiger partial charge in [0.1, 0.15) is 0 Å². The van der Waals surface area contributed by atoms with Gasteiger partial charge in [-0.05, 0) is 43.4 Å². The van der Waals surface area contributed by atoms with Gasteiger partial charge in [-0.2, -0.15) is 0 Å². The summed E-state index contributed by atoms with van der Waals surface area (Å²) in [5, 5.41) is 3.69. The maximum absolute atomic E-state index is 4.56. The number of nitrogens with zero attached hydrogens (tertiary/aromatic N) is 1. The van der Waals surface area contributed by atoms with E-state index in [0.717, 1.165) is 13.0 Å². The van der Waals surface area contributed by atoms with E-state index in [1.807, 2.05) is 6.20 Å². The Hall–Kier alpha value is -0.890. The monoisotopic (exact) mass is 246 g/mol. The molecule has 1 unspecified atom stereocenters. The van der Waals surface area contributed by atoms with Crippen LogP contribution in [0.25, 0.3) is 0 Å². The van der Waals surface area contributed by atoms with Crippen LogP contribution in [0.4, 0.5) is 0 Å². The van der Waals surface area contributed by atoms with Crippen LogP contribution in [0.2, 0.25) is 0 Å². The number of hydrogen-bond donors (Lipinski definition) is 1. The highest BCUT2D eigenvalue weighted by atomic mass is 14.9. The lowest BCUT2D eigenvalue weighted by molar-refractivity contribution is 0.221. The molecule has 0 aromatic carbocycles. The Morgan fingerprint density at radius 3 is 2.61 bits per heavy atom. The van der Waals surface area contributed by atoms with Crippen LogP contribution in [0.1, 0.15) is 50.8 Å². The fraction of sp³-hybridized carbons (Fsp3) is 0.688. The minimum atomic E-state index is 0.461. The molecule has 0 radical (unpaired) electrons. The molecule has 100 valence electrons.